The van der Waals surface area contributed by atoms with Crippen LogP contribution in [0.15, 0.2) is 0 Å². The van der Waals surface area contributed by atoms with Crippen molar-refractivity contribution in [1.82, 2.24) is 0 Å². The quantitative estimate of drug-likeness (QED) is 0.483. The van der Waals surface area contributed by atoms with Crippen LogP contribution in [0.5, 0.6) is 0 Å². The predicted octanol–water partition coefficient (Wildman–Crippen LogP) is 3.00. The summed E-state index contributed by atoms with van der Waals surface area (Å²) in [4.78, 5) is 0. The lowest BCUT2D eigenvalue weighted by molar-refractivity contribution is 0.165. The SMILES string of the molecule is CC1CC(F)C(Cl)CC1C. The van der Waals surface area contributed by atoms with Gasteiger partial charge in [-0.05, 0) is 24.7 Å². The molecule has 0 radical (unpaired) electrons. The van der Waals surface area contributed by atoms with Crippen molar-refractivity contribution < 1.29 is 4.39 Å². The van der Waals surface area contributed by atoms with Gasteiger partial charge in [0, 0.05) is 0 Å². The summed E-state index contributed by atoms with van der Waals surface area (Å²) in [7, 11) is 0. The predicted molar refractivity (Wildman–Crippen MR) is 42.1 cm³/mol. The van der Waals surface area contributed by atoms with Crippen LogP contribution in [0.1, 0.15) is 26.7 Å². The Bertz CT molecular complexity index is 89.8. The Balaban J connectivity index is 2.46. The van der Waals surface area contributed by atoms with E-state index < -0.39 is 6.17 Å². The van der Waals surface area contributed by atoms with Crippen molar-refractivity contribution in [2.24, 2.45) is 11.8 Å². The molecule has 0 heterocycles. The highest BCUT2D eigenvalue weighted by molar-refractivity contribution is 6.21. The lowest BCUT2D eigenvalue weighted by atomic mass is 9.80. The molecule has 0 bridgehead atoms. The molecule has 0 saturated heterocycles. The molecule has 0 aromatic heterocycles. The van der Waals surface area contributed by atoms with Crippen LogP contribution in [0.3, 0.4) is 0 Å². The van der Waals surface area contributed by atoms with Gasteiger partial charge in [0.05, 0.1) is 5.38 Å². The van der Waals surface area contributed by atoms with Crippen LogP contribution in [0, 0.1) is 11.8 Å². The third-order valence-corrected chi connectivity index (χ3v) is 3.01. The van der Waals surface area contributed by atoms with E-state index in [0.29, 0.717) is 18.3 Å². The second kappa shape index (κ2) is 3.08. The number of rotatable bonds is 0. The fourth-order valence-electron chi connectivity index (χ4n) is 1.47. The normalized spacial score (nSPS) is 49.2. The van der Waals surface area contributed by atoms with Gasteiger partial charge < -0.3 is 0 Å². The van der Waals surface area contributed by atoms with E-state index >= 15 is 0 Å². The van der Waals surface area contributed by atoms with Gasteiger partial charge in [-0.25, -0.2) is 4.39 Å². The highest BCUT2D eigenvalue weighted by Gasteiger charge is 2.31. The van der Waals surface area contributed by atoms with E-state index in [1.807, 2.05) is 0 Å². The maximum absolute atomic E-state index is 12.9. The van der Waals surface area contributed by atoms with Crippen molar-refractivity contribution in [2.75, 3.05) is 0 Å². The smallest absolute Gasteiger partial charge is 0.117 e. The summed E-state index contributed by atoms with van der Waals surface area (Å²) in [5.41, 5.74) is 0. The second-order valence-electron chi connectivity index (χ2n) is 3.46. The molecular weight excluding hydrogens is 151 g/mol. The van der Waals surface area contributed by atoms with Gasteiger partial charge in [0.15, 0.2) is 0 Å². The minimum Gasteiger partial charge on any atom is -0.246 e. The van der Waals surface area contributed by atoms with E-state index in [1.165, 1.54) is 0 Å². The summed E-state index contributed by atoms with van der Waals surface area (Å²) in [6.07, 6.45) is 0.715. The first kappa shape index (κ1) is 8.32. The molecule has 60 valence electrons. The molecule has 4 unspecified atom stereocenters. The fraction of sp³-hybridized carbons (Fsp3) is 1.00. The molecule has 1 aliphatic carbocycles. The summed E-state index contributed by atoms with van der Waals surface area (Å²) in [5.74, 6) is 1.10. The first-order valence-electron chi connectivity index (χ1n) is 3.89. The Morgan fingerprint density at radius 3 is 2.20 bits per heavy atom. The maximum atomic E-state index is 12.9. The summed E-state index contributed by atoms with van der Waals surface area (Å²) in [5, 5.41) is -0.230. The maximum Gasteiger partial charge on any atom is 0.117 e. The molecule has 0 aromatic carbocycles. The Morgan fingerprint density at radius 2 is 1.70 bits per heavy atom. The molecule has 0 N–H and O–H groups in total. The van der Waals surface area contributed by atoms with Crippen molar-refractivity contribution in [1.29, 1.82) is 0 Å². The molecule has 1 saturated carbocycles. The monoisotopic (exact) mass is 164 g/mol. The van der Waals surface area contributed by atoms with Gasteiger partial charge in [-0.3, -0.25) is 0 Å². The zero-order valence-corrected chi connectivity index (χ0v) is 7.24. The van der Waals surface area contributed by atoms with Crippen LogP contribution in [-0.2, 0) is 0 Å². The average Bonchev–Trinajstić information content (AvgIpc) is 1.84. The molecule has 1 rings (SSSR count). The summed E-state index contributed by atoms with van der Waals surface area (Å²) >= 11 is 5.75. The lowest BCUT2D eigenvalue weighted by Crippen LogP contribution is -2.30. The summed E-state index contributed by atoms with van der Waals surface area (Å²) in [6.45, 7) is 4.24. The lowest BCUT2D eigenvalue weighted by Gasteiger charge is -2.31. The zero-order chi connectivity index (χ0) is 7.72. The third-order valence-electron chi connectivity index (χ3n) is 2.56. The molecule has 10 heavy (non-hydrogen) atoms. The van der Waals surface area contributed by atoms with E-state index in [0.717, 1.165) is 6.42 Å². The van der Waals surface area contributed by atoms with E-state index in [4.69, 9.17) is 11.6 Å². The van der Waals surface area contributed by atoms with Gasteiger partial charge >= 0.3 is 0 Å². The average molecular weight is 165 g/mol. The number of halogens is 2. The van der Waals surface area contributed by atoms with Gasteiger partial charge in [-0.15, -0.1) is 11.6 Å². The molecule has 0 nitrogen and oxygen atoms in total. The molecular formula is C8H14ClF. The standard InChI is InChI=1S/C8H14ClF/c1-5-3-7(9)8(10)4-6(5)2/h5-8H,3-4H2,1-2H3. The van der Waals surface area contributed by atoms with E-state index in [9.17, 15) is 4.39 Å². The van der Waals surface area contributed by atoms with Crippen LogP contribution in [0.2, 0.25) is 0 Å². The van der Waals surface area contributed by atoms with Crippen LogP contribution >= 0.6 is 11.6 Å². The van der Waals surface area contributed by atoms with Crippen molar-refractivity contribution >= 4 is 11.6 Å². The van der Waals surface area contributed by atoms with Gasteiger partial charge in [-0.2, -0.15) is 0 Å². The Kier molecular flexibility index (Phi) is 2.56. The summed E-state index contributed by atoms with van der Waals surface area (Å²) in [6, 6.07) is 0. The highest BCUT2D eigenvalue weighted by atomic mass is 35.5. The molecule has 4 atom stereocenters. The van der Waals surface area contributed by atoms with Gasteiger partial charge in [0.1, 0.15) is 6.17 Å². The highest BCUT2D eigenvalue weighted by Crippen LogP contribution is 2.33. The molecule has 2 heteroatoms. The Hall–Kier alpha value is 0.220. The van der Waals surface area contributed by atoms with Gasteiger partial charge in [0.2, 0.25) is 0 Å². The number of alkyl halides is 2. The van der Waals surface area contributed by atoms with E-state index in [1.54, 1.807) is 0 Å². The minimum absolute atomic E-state index is 0.230. The van der Waals surface area contributed by atoms with Crippen LogP contribution in [0.4, 0.5) is 4.39 Å². The molecule has 1 fully saturated rings. The van der Waals surface area contributed by atoms with Crippen LogP contribution in [0.25, 0.3) is 0 Å². The first-order chi connectivity index (χ1) is 4.61. The van der Waals surface area contributed by atoms with Crippen molar-refractivity contribution in [2.45, 2.75) is 38.2 Å². The summed E-state index contributed by atoms with van der Waals surface area (Å²) < 4.78 is 12.9. The third kappa shape index (κ3) is 1.63. The topological polar surface area (TPSA) is 0 Å². The zero-order valence-electron chi connectivity index (χ0n) is 6.48. The van der Waals surface area contributed by atoms with Crippen molar-refractivity contribution in [3.63, 3.8) is 0 Å². The molecule has 0 amide bonds. The van der Waals surface area contributed by atoms with Crippen LogP contribution in [-0.4, -0.2) is 11.5 Å². The number of hydrogen-bond acceptors (Lipinski definition) is 0. The Morgan fingerprint density at radius 1 is 1.20 bits per heavy atom. The van der Waals surface area contributed by atoms with Crippen molar-refractivity contribution in [3.8, 4) is 0 Å². The molecule has 0 aliphatic heterocycles. The van der Waals surface area contributed by atoms with Gasteiger partial charge in [-0.1, -0.05) is 13.8 Å². The van der Waals surface area contributed by atoms with Crippen molar-refractivity contribution in [3.05, 3.63) is 0 Å². The largest absolute Gasteiger partial charge is 0.246 e. The molecule has 0 aromatic rings. The van der Waals surface area contributed by atoms with Crippen LogP contribution < -0.4 is 0 Å². The molecule has 1 aliphatic rings. The van der Waals surface area contributed by atoms with E-state index in [2.05, 4.69) is 13.8 Å². The Labute approximate surface area is 66.8 Å². The first-order valence-corrected chi connectivity index (χ1v) is 4.33. The van der Waals surface area contributed by atoms with Gasteiger partial charge in [0.25, 0.3) is 0 Å². The fourth-order valence-corrected chi connectivity index (χ4v) is 1.85. The minimum atomic E-state index is -0.770. The van der Waals surface area contributed by atoms with E-state index in [-0.39, 0.29) is 5.38 Å². The molecule has 0 spiro atoms. The number of hydrogen-bond donors (Lipinski definition) is 0. The second-order valence-corrected chi connectivity index (χ2v) is 4.02.